The van der Waals surface area contributed by atoms with Crippen molar-refractivity contribution in [2.75, 3.05) is 18.0 Å². The van der Waals surface area contributed by atoms with Crippen LogP contribution in [0.3, 0.4) is 0 Å². The largest absolute Gasteiger partial charge is 0.356 e. The Hall–Kier alpha value is -2.07. The van der Waals surface area contributed by atoms with Crippen molar-refractivity contribution in [2.45, 2.75) is 26.3 Å². The van der Waals surface area contributed by atoms with Crippen LogP contribution in [0, 0.1) is 6.92 Å². The molecule has 0 radical (unpaired) electrons. The molecular weight excluding hydrogens is 310 g/mol. The Morgan fingerprint density at radius 3 is 2.70 bits per heavy atom. The average molecular weight is 330 g/mol. The van der Waals surface area contributed by atoms with Crippen molar-refractivity contribution in [2.24, 2.45) is 0 Å². The van der Waals surface area contributed by atoms with E-state index >= 15 is 0 Å². The van der Waals surface area contributed by atoms with E-state index in [4.69, 9.17) is 11.6 Å². The summed E-state index contributed by atoms with van der Waals surface area (Å²) in [5.74, 6) is 0.825. The zero-order chi connectivity index (χ0) is 16.2. The number of pyridine rings is 1. The average Bonchev–Trinajstić information content (AvgIpc) is 3.08. The highest BCUT2D eigenvalue weighted by Crippen LogP contribution is 2.23. The lowest BCUT2D eigenvalue weighted by Crippen LogP contribution is -2.26. The third-order valence-electron chi connectivity index (χ3n) is 4.06. The molecule has 1 aliphatic heterocycles. The monoisotopic (exact) mass is 329 g/mol. The highest BCUT2D eigenvalue weighted by Gasteiger charge is 2.18. The molecule has 0 aliphatic carbocycles. The van der Waals surface area contributed by atoms with Gasteiger partial charge >= 0.3 is 0 Å². The maximum Gasteiger partial charge on any atom is 0.253 e. The van der Waals surface area contributed by atoms with Crippen molar-refractivity contribution in [3.8, 4) is 0 Å². The Labute approximate surface area is 141 Å². The van der Waals surface area contributed by atoms with Crippen LogP contribution in [0.25, 0.3) is 0 Å². The van der Waals surface area contributed by atoms with Gasteiger partial charge in [-0.25, -0.2) is 4.98 Å². The van der Waals surface area contributed by atoms with Gasteiger partial charge in [0.05, 0.1) is 10.6 Å². The lowest BCUT2D eigenvalue weighted by molar-refractivity contribution is 0.0951. The van der Waals surface area contributed by atoms with E-state index in [-0.39, 0.29) is 5.91 Å². The Morgan fingerprint density at radius 2 is 1.96 bits per heavy atom. The van der Waals surface area contributed by atoms with Crippen molar-refractivity contribution in [3.05, 3.63) is 58.2 Å². The summed E-state index contributed by atoms with van der Waals surface area (Å²) in [5, 5.41) is 3.41. The van der Waals surface area contributed by atoms with Crippen LogP contribution in [-0.4, -0.2) is 24.0 Å². The van der Waals surface area contributed by atoms with E-state index in [0.717, 1.165) is 30.2 Å². The number of hydrogen-bond donors (Lipinski definition) is 1. The number of nitrogens with zero attached hydrogens (tertiary/aromatic N) is 2. The Morgan fingerprint density at radius 1 is 1.22 bits per heavy atom. The van der Waals surface area contributed by atoms with Crippen molar-refractivity contribution in [1.82, 2.24) is 10.3 Å². The van der Waals surface area contributed by atoms with Gasteiger partial charge < -0.3 is 10.2 Å². The summed E-state index contributed by atoms with van der Waals surface area (Å²) in [4.78, 5) is 19.3. The van der Waals surface area contributed by atoms with E-state index in [9.17, 15) is 4.79 Å². The molecule has 1 aromatic carbocycles. The molecule has 5 heteroatoms. The van der Waals surface area contributed by atoms with Crippen LogP contribution in [0.4, 0.5) is 5.82 Å². The van der Waals surface area contributed by atoms with Crippen molar-refractivity contribution in [1.29, 1.82) is 0 Å². The van der Waals surface area contributed by atoms with Gasteiger partial charge in [0.1, 0.15) is 5.82 Å². The molecular formula is C18H20ClN3O. The molecule has 4 nitrogen and oxygen atoms in total. The number of halogens is 1. The molecule has 23 heavy (non-hydrogen) atoms. The third-order valence-corrected chi connectivity index (χ3v) is 4.39. The molecule has 0 unspecified atom stereocenters. The van der Waals surface area contributed by atoms with Gasteiger partial charge in [0.25, 0.3) is 5.91 Å². The second kappa shape index (κ2) is 7.01. The quantitative estimate of drug-likeness (QED) is 0.932. The van der Waals surface area contributed by atoms with Crippen LogP contribution in [-0.2, 0) is 6.54 Å². The van der Waals surface area contributed by atoms with Crippen LogP contribution in [0.2, 0.25) is 5.02 Å². The molecule has 3 rings (SSSR count). The minimum Gasteiger partial charge on any atom is -0.356 e. The van der Waals surface area contributed by atoms with Gasteiger partial charge in [-0.3, -0.25) is 4.79 Å². The summed E-state index contributed by atoms with van der Waals surface area (Å²) >= 11 is 6.08. The fraction of sp³-hybridized carbons (Fsp3) is 0.333. The summed E-state index contributed by atoms with van der Waals surface area (Å²) < 4.78 is 0. The topological polar surface area (TPSA) is 45.2 Å². The molecule has 1 fully saturated rings. The van der Waals surface area contributed by atoms with E-state index in [1.54, 1.807) is 12.1 Å². The molecule has 2 aromatic rings. The van der Waals surface area contributed by atoms with Gasteiger partial charge in [0.15, 0.2) is 0 Å². The molecule has 0 atom stereocenters. The molecule has 0 bridgehead atoms. The minimum absolute atomic E-state index is 0.163. The smallest absolute Gasteiger partial charge is 0.253 e. The number of aryl methyl sites for hydroxylation is 1. The molecule has 0 saturated carbocycles. The first-order valence-electron chi connectivity index (χ1n) is 7.89. The molecule has 1 amide bonds. The summed E-state index contributed by atoms with van der Waals surface area (Å²) in [6, 6.07) is 11.1. The first-order valence-corrected chi connectivity index (χ1v) is 8.27. The van der Waals surface area contributed by atoms with Crippen LogP contribution < -0.4 is 10.2 Å². The predicted octanol–water partition coefficient (Wildman–Crippen LogP) is 3.57. The van der Waals surface area contributed by atoms with Gasteiger partial charge in [-0.2, -0.15) is 0 Å². The molecule has 0 spiro atoms. The highest BCUT2D eigenvalue weighted by molar-refractivity contribution is 6.33. The van der Waals surface area contributed by atoms with E-state index in [0.29, 0.717) is 17.1 Å². The van der Waals surface area contributed by atoms with E-state index in [1.807, 2.05) is 31.2 Å². The number of benzene rings is 1. The zero-order valence-electron chi connectivity index (χ0n) is 13.2. The highest BCUT2D eigenvalue weighted by atomic mass is 35.5. The second-order valence-electron chi connectivity index (χ2n) is 5.79. The first kappa shape index (κ1) is 15.8. The maximum atomic E-state index is 12.3. The van der Waals surface area contributed by atoms with Crippen LogP contribution in [0.5, 0.6) is 0 Å². The summed E-state index contributed by atoms with van der Waals surface area (Å²) in [6.45, 7) is 4.50. The van der Waals surface area contributed by atoms with Gasteiger partial charge in [-0.15, -0.1) is 0 Å². The van der Waals surface area contributed by atoms with Crippen molar-refractivity contribution < 1.29 is 4.79 Å². The standard InChI is InChI=1S/C18H20ClN3O/c1-13-8-9-14(17(21-13)22-10-4-5-11-22)12-20-18(23)15-6-2-3-7-16(15)19/h2-3,6-9H,4-5,10-12H2,1H3,(H,20,23). The fourth-order valence-electron chi connectivity index (χ4n) is 2.83. The molecule has 2 heterocycles. The molecule has 1 aromatic heterocycles. The number of anilines is 1. The van der Waals surface area contributed by atoms with Crippen molar-refractivity contribution in [3.63, 3.8) is 0 Å². The van der Waals surface area contributed by atoms with Crippen LogP contribution >= 0.6 is 11.6 Å². The summed E-state index contributed by atoms with van der Waals surface area (Å²) in [5.41, 5.74) is 2.53. The molecule has 120 valence electrons. The summed E-state index contributed by atoms with van der Waals surface area (Å²) in [7, 11) is 0. The van der Waals surface area contributed by atoms with E-state index < -0.39 is 0 Å². The van der Waals surface area contributed by atoms with Crippen molar-refractivity contribution >= 4 is 23.3 Å². The normalized spacial score (nSPS) is 14.1. The SMILES string of the molecule is Cc1ccc(CNC(=O)c2ccccc2Cl)c(N2CCCC2)n1. The third kappa shape index (κ3) is 3.64. The Bertz CT molecular complexity index is 711. The fourth-order valence-corrected chi connectivity index (χ4v) is 3.05. The number of carbonyl (C=O) groups excluding carboxylic acids is 1. The number of hydrogen-bond acceptors (Lipinski definition) is 3. The van der Waals surface area contributed by atoms with Gasteiger partial charge in [-0.1, -0.05) is 29.8 Å². The first-order chi connectivity index (χ1) is 11.1. The van der Waals surface area contributed by atoms with Gasteiger partial charge in [0, 0.05) is 30.9 Å². The van der Waals surface area contributed by atoms with Crippen LogP contribution in [0.15, 0.2) is 36.4 Å². The van der Waals surface area contributed by atoms with Gasteiger partial charge in [-0.05, 0) is 38.0 Å². The molecule has 1 saturated heterocycles. The zero-order valence-corrected chi connectivity index (χ0v) is 13.9. The predicted molar refractivity (Wildman–Crippen MR) is 93.0 cm³/mol. The van der Waals surface area contributed by atoms with Gasteiger partial charge in [0.2, 0.25) is 0 Å². The lowest BCUT2D eigenvalue weighted by Gasteiger charge is -2.21. The number of nitrogens with one attached hydrogen (secondary N) is 1. The summed E-state index contributed by atoms with van der Waals surface area (Å²) in [6.07, 6.45) is 2.39. The number of aromatic nitrogens is 1. The minimum atomic E-state index is -0.163. The number of carbonyl (C=O) groups is 1. The maximum absolute atomic E-state index is 12.3. The molecule has 1 N–H and O–H groups in total. The van der Waals surface area contributed by atoms with E-state index in [1.165, 1.54) is 12.8 Å². The lowest BCUT2D eigenvalue weighted by atomic mass is 10.2. The van der Waals surface area contributed by atoms with E-state index in [2.05, 4.69) is 15.2 Å². The number of amides is 1. The number of rotatable bonds is 4. The second-order valence-corrected chi connectivity index (χ2v) is 6.20. The Kier molecular flexibility index (Phi) is 4.82. The van der Waals surface area contributed by atoms with Crippen LogP contribution in [0.1, 0.15) is 34.5 Å². The molecule has 1 aliphatic rings. The Balaban J connectivity index is 1.75.